The molecular weight excluding hydrogens is 433 g/mol. The van der Waals surface area contributed by atoms with Crippen molar-refractivity contribution < 1.29 is 4.74 Å². The Morgan fingerprint density at radius 1 is 1.38 bits per heavy atom. The molecule has 1 saturated heterocycles. The lowest BCUT2D eigenvalue weighted by molar-refractivity contribution is -0.0835. The minimum Gasteiger partial charge on any atom is -0.377 e. The molecule has 2 heterocycles. The van der Waals surface area contributed by atoms with Crippen molar-refractivity contribution in [2.45, 2.75) is 46.1 Å². The van der Waals surface area contributed by atoms with Crippen molar-refractivity contribution in [3.8, 4) is 0 Å². The SMILES string of the molecule is CN=C(NCCc1cccs1)NCC1CCCOC1C(C)(C)C.I. The fourth-order valence-electron chi connectivity index (χ4n) is 3.22. The Kier molecular flexibility index (Phi) is 9.59. The second-order valence-electron chi connectivity index (χ2n) is 7.27. The number of rotatable bonds is 5. The number of guanidine groups is 1. The minimum atomic E-state index is 0. The number of hydrogen-bond donors (Lipinski definition) is 2. The van der Waals surface area contributed by atoms with E-state index in [0.29, 0.717) is 12.0 Å². The highest BCUT2D eigenvalue weighted by molar-refractivity contribution is 14.0. The molecule has 2 atom stereocenters. The molecule has 6 heteroatoms. The third-order valence-corrected chi connectivity index (χ3v) is 5.23. The summed E-state index contributed by atoms with van der Waals surface area (Å²) in [5.74, 6) is 1.43. The number of halogens is 1. The molecule has 0 aliphatic carbocycles. The number of aliphatic imine (C=N–C) groups is 1. The van der Waals surface area contributed by atoms with E-state index in [0.717, 1.165) is 38.5 Å². The van der Waals surface area contributed by atoms with Crippen LogP contribution in [0.1, 0.15) is 38.5 Å². The zero-order valence-corrected chi connectivity index (χ0v) is 18.4. The maximum atomic E-state index is 6.05. The van der Waals surface area contributed by atoms with Crippen molar-refractivity contribution in [1.29, 1.82) is 0 Å². The van der Waals surface area contributed by atoms with Crippen molar-refractivity contribution in [2.75, 3.05) is 26.7 Å². The Hall–Kier alpha value is -0.340. The predicted octanol–water partition coefficient (Wildman–Crippen LogP) is 3.91. The maximum Gasteiger partial charge on any atom is 0.190 e. The van der Waals surface area contributed by atoms with E-state index >= 15 is 0 Å². The molecule has 0 saturated carbocycles. The van der Waals surface area contributed by atoms with Crippen LogP contribution in [-0.4, -0.2) is 38.8 Å². The van der Waals surface area contributed by atoms with E-state index in [1.165, 1.54) is 11.3 Å². The molecule has 0 radical (unpaired) electrons. The Bertz CT molecular complexity index is 485. The first-order valence-corrected chi connectivity index (χ1v) is 9.47. The van der Waals surface area contributed by atoms with E-state index in [1.807, 2.05) is 7.05 Å². The lowest BCUT2D eigenvalue weighted by Gasteiger charge is -2.40. The van der Waals surface area contributed by atoms with Crippen LogP contribution in [0.5, 0.6) is 0 Å². The first-order valence-electron chi connectivity index (χ1n) is 8.59. The van der Waals surface area contributed by atoms with Gasteiger partial charge in [0.1, 0.15) is 0 Å². The van der Waals surface area contributed by atoms with Crippen LogP contribution in [0.2, 0.25) is 0 Å². The average molecular weight is 465 g/mol. The summed E-state index contributed by atoms with van der Waals surface area (Å²) in [6, 6.07) is 4.28. The normalized spacial score (nSPS) is 21.9. The van der Waals surface area contributed by atoms with Gasteiger partial charge in [0, 0.05) is 37.5 Å². The van der Waals surface area contributed by atoms with E-state index in [4.69, 9.17) is 4.74 Å². The van der Waals surface area contributed by atoms with Gasteiger partial charge in [0.15, 0.2) is 5.96 Å². The van der Waals surface area contributed by atoms with Crippen LogP contribution in [0.15, 0.2) is 22.5 Å². The average Bonchev–Trinajstić information content (AvgIpc) is 3.03. The smallest absolute Gasteiger partial charge is 0.190 e. The van der Waals surface area contributed by atoms with Gasteiger partial charge in [0.2, 0.25) is 0 Å². The van der Waals surface area contributed by atoms with Crippen LogP contribution in [0.4, 0.5) is 0 Å². The van der Waals surface area contributed by atoms with E-state index in [-0.39, 0.29) is 29.4 Å². The molecule has 0 aromatic carbocycles. The Labute approximate surface area is 167 Å². The highest BCUT2D eigenvalue weighted by Crippen LogP contribution is 2.33. The molecule has 0 bridgehead atoms. The van der Waals surface area contributed by atoms with Crippen LogP contribution < -0.4 is 10.6 Å². The van der Waals surface area contributed by atoms with Crippen molar-refractivity contribution in [3.63, 3.8) is 0 Å². The summed E-state index contributed by atoms with van der Waals surface area (Å²) < 4.78 is 6.05. The summed E-state index contributed by atoms with van der Waals surface area (Å²) in [6.45, 7) is 9.52. The van der Waals surface area contributed by atoms with Gasteiger partial charge in [-0.25, -0.2) is 0 Å². The molecule has 1 aliphatic rings. The third kappa shape index (κ3) is 6.88. The molecule has 24 heavy (non-hydrogen) atoms. The largest absolute Gasteiger partial charge is 0.377 e. The maximum absolute atomic E-state index is 6.05. The molecule has 1 aromatic heterocycles. The number of nitrogens with zero attached hydrogens (tertiary/aromatic N) is 1. The van der Waals surface area contributed by atoms with Gasteiger partial charge in [-0.15, -0.1) is 35.3 Å². The molecule has 2 rings (SSSR count). The highest BCUT2D eigenvalue weighted by atomic mass is 127. The third-order valence-electron chi connectivity index (χ3n) is 4.30. The molecule has 2 N–H and O–H groups in total. The van der Waals surface area contributed by atoms with Crippen molar-refractivity contribution in [1.82, 2.24) is 10.6 Å². The first-order chi connectivity index (χ1) is 11.0. The molecule has 2 unspecified atom stereocenters. The van der Waals surface area contributed by atoms with Gasteiger partial charge in [0.05, 0.1) is 6.10 Å². The molecule has 4 nitrogen and oxygen atoms in total. The van der Waals surface area contributed by atoms with Crippen LogP contribution >= 0.6 is 35.3 Å². The summed E-state index contributed by atoms with van der Waals surface area (Å²) in [4.78, 5) is 5.74. The van der Waals surface area contributed by atoms with Crippen molar-refractivity contribution in [2.24, 2.45) is 16.3 Å². The quantitative estimate of drug-likeness (QED) is 0.394. The molecule has 1 fully saturated rings. The summed E-state index contributed by atoms with van der Waals surface area (Å²) in [6.07, 6.45) is 3.73. The second kappa shape index (κ2) is 10.6. The van der Waals surface area contributed by atoms with Crippen molar-refractivity contribution >= 4 is 41.3 Å². The Balaban J connectivity index is 0.00000288. The fraction of sp³-hybridized carbons (Fsp3) is 0.722. The number of hydrogen-bond acceptors (Lipinski definition) is 3. The van der Waals surface area contributed by atoms with Crippen LogP contribution in [0, 0.1) is 11.3 Å². The Morgan fingerprint density at radius 2 is 2.17 bits per heavy atom. The van der Waals surface area contributed by atoms with Gasteiger partial charge in [-0.3, -0.25) is 4.99 Å². The van der Waals surface area contributed by atoms with Gasteiger partial charge in [-0.2, -0.15) is 0 Å². The van der Waals surface area contributed by atoms with E-state index in [2.05, 4.69) is 53.9 Å². The summed E-state index contributed by atoms with van der Waals surface area (Å²) in [5, 5.41) is 9.01. The van der Waals surface area contributed by atoms with Crippen LogP contribution in [-0.2, 0) is 11.2 Å². The summed E-state index contributed by atoms with van der Waals surface area (Å²) in [5.41, 5.74) is 0.183. The van der Waals surface area contributed by atoms with E-state index in [1.54, 1.807) is 11.3 Å². The topological polar surface area (TPSA) is 45.7 Å². The molecule has 138 valence electrons. The predicted molar refractivity (Wildman–Crippen MR) is 115 cm³/mol. The minimum absolute atomic E-state index is 0. The summed E-state index contributed by atoms with van der Waals surface area (Å²) >= 11 is 1.80. The fourth-order valence-corrected chi connectivity index (χ4v) is 3.93. The lowest BCUT2D eigenvalue weighted by Crippen LogP contribution is -2.47. The zero-order chi connectivity index (χ0) is 16.7. The molecular formula is C18H32IN3OS. The Morgan fingerprint density at radius 3 is 2.79 bits per heavy atom. The molecule has 0 spiro atoms. The van der Waals surface area contributed by atoms with Crippen molar-refractivity contribution in [3.05, 3.63) is 22.4 Å². The lowest BCUT2D eigenvalue weighted by atomic mass is 9.78. The molecule has 0 amide bonds. The van der Waals surface area contributed by atoms with Gasteiger partial charge >= 0.3 is 0 Å². The highest BCUT2D eigenvalue weighted by Gasteiger charge is 2.35. The van der Waals surface area contributed by atoms with Gasteiger partial charge < -0.3 is 15.4 Å². The zero-order valence-electron chi connectivity index (χ0n) is 15.3. The van der Waals surface area contributed by atoms with Crippen LogP contribution in [0.25, 0.3) is 0 Å². The van der Waals surface area contributed by atoms with Gasteiger partial charge in [-0.1, -0.05) is 26.8 Å². The standard InChI is InChI=1S/C18H31N3OS.HI/c1-18(2,3)16-14(7-5-11-22-16)13-21-17(19-4)20-10-9-15-8-6-12-23-15;/h6,8,12,14,16H,5,7,9-11,13H2,1-4H3,(H2,19,20,21);1H. The van der Waals surface area contributed by atoms with E-state index < -0.39 is 0 Å². The number of thiophene rings is 1. The van der Waals surface area contributed by atoms with E-state index in [9.17, 15) is 0 Å². The number of ether oxygens (including phenoxy) is 1. The number of nitrogens with one attached hydrogen (secondary N) is 2. The second-order valence-corrected chi connectivity index (χ2v) is 8.30. The molecule has 1 aliphatic heterocycles. The van der Waals surface area contributed by atoms with Gasteiger partial charge in [-0.05, 0) is 36.1 Å². The monoisotopic (exact) mass is 465 g/mol. The summed E-state index contributed by atoms with van der Waals surface area (Å²) in [7, 11) is 1.83. The first kappa shape index (κ1) is 21.7. The van der Waals surface area contributed by atoms with Crippen LogP contribution in [0.3, 0.4) is 0 Å². The van der Waals surface area contributed by atoms with Gasteiger partial charge in [0.25, 0.3) is 0 Å². The molecule has 1 aromatic rings.